The highest BCUT2D eigenvalue weighted by atomic mass is 32.2. The number of sulfonamides is 1. The molecule has 35 heavy (non-hydrogen) atoms. The van der Waals surface area contributed by atoms with Crippen molar-refractivity contribution in [3.05, 3.63) is 66.1 Å². The number of sulfone groups is 1. The summed E-state index contributed by atoms with van der Waals surface area (Å²) in [6.45, 7) is 2.79. The molecule has 0 saturated heterocycles. The first-order chi connectivity index (χ1) is 16.6. The van der Waals surface area contributed by atoms with Gasteiger partial charge in [0, 0.05) is 23.7 Å². The molecule has 1 heterocycles. The van der Waals surface area contributed by atoms with Crippen molar-refractivity contribution in [2.75, 3.05) is 28.7 Å². The van der Waals surface area contributed by atoms with Crippen molar-refractivity contribution in [1.29, 1.82) is 0 Å². The maximum absolute atomic E-state index is 14.3. The van der Waals surface area contributed by atoms with E-state index in [1.165, 1.54) is 18.2 Å². The predicted molar refractivity (Wildman–Crippen MR) is 133 cm³/mol. The molecule has 0 bridgehead atoms. The number of primary sulfonamides is 1. The molecule has 10 nitrogen and oxygen atoms in total. The van der Waals surface area contributed by atoms with Gasteiger partial charge in [0.15, 0.2) is 11.6 Å². The normalized spacial score (nSPS) is 11.9. The summed E-state index contributed by atoms with van der Waals surface area (Å²) in [6, 6.07) is 13.0. The molecule has 1 aromatic heterocycles. The average molecular weight is 523 g/mol. The molecular weight excluding hydrogens is 495 g/mol. The number of benzene rings is 2. The standard InChI is InChI=1S/C22H27FN6O4S2/c1-2-34(30,31)12-4-11-25-14-16-7-9-17(10-8-16)27-21-20(23)15-26-22(29-21)28-18-5-3-6-19(13-18)35(24,32)33/h3,5-10,13,15,25H,2,4,11-12,14H2,1H3,(H2,24,32,33)(H2,26,27,28,29). The average Bonchev–Trinajstić information content (AvgIpc) is 2.82. The molecule has 0 fully saturated rings. The SMILES string of the molecule is CCS(=O)(=O)CCCNCc1ccc(Nc2nc(Nc3cccc(S(N)(=O)=O)c3)ncc2F)cc1. The van der Waals surface area contributed by atoms with Gasteiger partial charge in [-0.15, -0.1) is 0 Å². The quantitative estimate of drug-likeness (QED) is 0.263. The summed E-state index contributed by atoms with van der Waals surface area (Å²) >= 11 is 0. The van der Waals surface area contributed by atoms with Crippen LogP contribution in [0.4, 0.5) is 27.5 Å². The van der Waals surface area contributed by atoms with Crippen molar-refractivity contribution >= 4 is 43.0 Å². The number of nitrogens with one attached hydrogen (secondary N) is 3. The molecule has 2 aromatic carbocycles. The van der Waals surface area contributed by atoms with E-state index in [2.05, 4.69) is 25.9 Å². The van der Waals surface area contributed by atoms with Crippen molar-refractivity contribution in [1.82, 2.24) is 15.3 Å². The van der Waals surface area contributed by atoms with E-state index in [0.29, 0.717) is 30.9 Å². The van der Waals surface area contributed by atoms with Gasteiger partial charge in [0.1, 0.15) is 9.84 Å². The Kier molecular flexibility index (Phi) is 8.72. The third-order valence-corrected chi connectivity index (χ3v) is 7.66. The number of hydrogen-bond acceptors (Lipinski definition) is 9. The molecule has 0 aliphatic heterocycles. The zero-order valence-electron chi connectivity index (χ0n) is 19.0. The third kappa shape index (κ3) is 8.24. The lowest BCUT2D eigenvalue weighted by Crippen LogP contribution is -2.19. The van der Waals surface area contributed by atoms with Crippen molar-refractivity contribution < 1.29 is 21.2 Å². The number of anilines is 4. The summed E-state index contributed by atoms with van der Waals surface area (Å²) in [5.41, 5.74) is 1.95. The van der Waals surface area contributed by atoms with Crippen LogP contribution in [0.25, 0.3) is 0 Å². The van der Waals surface area contributed by atoms with Gasteiger partial charge in [-0.2, -0.15) is 4.98 Å². The van der Waals surface area contributed by atoms with Gasteiger partial charge in [0.05, 0.1) is 16.8 Å². The van der Waals surface area contributed by atoms with Crippen LogP contribution in [-0.2, 0) is 26.4 Å². The second kappa shape index (κ2) is 11.5. The second-order valence-corrected chi connectivity index (χ2v) is 11.7. The first kappa shape index (κ1) is 26.5. The van der Waals surface area contributed by atoms with Gasteiger partial charge in [0.2, 0.25) is 16.0 Å². The van der Waals surface area contributed by atoms with E-state index in [1.54, 1.807) is 25.1 Å². The molecule has 0 saturated carbocycles. The Bertz CT molecular complexity index is 1370. The molecule has 13 heteroatoms. The van der Waals surface area contributed by atoms with Gasteiger partial charge in [-0.3, -0.25) is 0 Å². The van der Waals surface area contributed by atoms with E-state index in [9.17, 15) is 21.2 Å². The Morgan fingerprint density at radius 1 is 1.00 bits per heavy atom. The number of hydrogen-bond donors (Lipinski definition) is 4. The molecular formula is C22H27FN6O4S2. The van der Waals surface area contributed by atoms with E-state index >= 15 is 0 Å². The third-order valence-electron chi connectivity index (χ3n) is 4.96. The Morgan fingerprint density at radius 2 is 1.74 bits per heavy atom. The van der Waals surface area contributed by atoms with Crippen LogP contribution in [0.3, 0.4) is 0 Å². The van der Waals surface area contributed by atoms with Crippen LogP contribution >= 0.6 is 0 Å². The lowest BCUT2D eigenvalue weighted by molar-refractivity contribution is 0.589. The summed E-state index contributed by atoms with van der Waals surface area (Å²) in [7, 11) is -6.83. The highest BCUT2D eigenvalue weighted by molar-refractivity contribution is 7.91. The molecule has 0 radical (unpaired) electrons. The van der Waals surface area contributed by atoms with E-state index in [4.69, 9.17) is 5.14 Å². The Morgan fingerprint density at radius 3 is 2.43 bits per heavy atom. The number of nitrogens with two attached hydrogens (primary N) is 1. The largest absolute Gasteiger partial charge is 0.338 e. The van der Waals surface area contributed by atoms with Gasteiger partial charge in [-0.05, 0) is 48.9 Å². The van der Waals surface area contributed by atoms with Gasteiger partial charge in [-0.1, -0.05) is 25.1 Å². The van der Waals surface area contributed by atoms with Crippen LogP contribution in [0.2, 0.25) is 0 Å². The first-order valence-electron chi connectivity index (χ1n) is 10.8. The lowest BCUT2D eigenvalue weighted by Gasteiger charge is -2.11. The molecule has 0 spiro atoms. The summed E-state index contributed by atoms with van der Waals surface area (Å²) in [4.78, 5) is 7.93. The second-order valence-electron chi connectivity index (χ2n) is 7.68. The summed E-state index contributed by atoms with van der Waals surface area (Å²) in [6.07, 6.45) is 1.55. The monoisotopic (exact) mass is 522 g/mol. The van der Waals surface area contributed by atoms with Gasteiger partial charge in [-0.25, -0.2) is 31.3 Å². The van der Waals surface area contributed by atoms with Crippen molar-refractivity contribution in [2.45, 2.75) is 24.8 Å². The van der Waals surface area contributed by atoms with Crippen LogP contribution < -0.4 is 21.1 Å². The topological polar surface area (TPSA) is 156 Å². The molecule has 0 atom stereocenters. The fourth-order valence-corrected chi connectivity index (χ4v) is 4.46. The lowest BCUT2D eigenvalue weighted by atomic mass is 10.2. The van der Waals surface area contributed by atoms with Crippen LogP contribution in [0, 0.1) is 5.82 Å². The fraction of sp³-hybridized carbons (Fsp3) is 0.273. The molecule has 0 unspecified atom stereocenters. The molecule has 3 rings (SSSR count). The van der Waals surface area contributed by atoms with Crippen molar-refractivity contribution in [3.63, 3.8) is 0 Å². The Labute approximate surface area is 204 Å². The number of nitrogens with zero attached hydrogens (tertiary/aromatic N) is 2. The van der Waals surface area contributed by atoms with Gasteiger partial charge < -0.3 is 16.0 Å². The van der Waals surface area contributed by atoms with Crippen LogP contribution in [0.15, 0.2) is 59.6 Å². The molecule has 3 aromatic rings. The molecule has 0 aliphatic carbocycles. The van der Waals surface area contributed by atoms with Crippen LogP contribution in [-0.4, -0.2) is 44.9 Å². The number of rotatable bonds is 12. The zero-order valence-corrected chi connectivity index (χ0v) is 20.7. The van der Waals surface area contributed by atoms with E-state index in [0.717, 1.165) is 11.8 Å². The zero-order chi connectivity index (χ0) is 25.5. The van der Waals surface area contributed by atoms with Gasteiger partial charge in [0.25, 0.3) is 0 Å². The Balaban J connectivity index is 1.59. The molecule has 0 amide bonds. The summed E-state index contributed by atoms with van der Waals surface area (Å²) in [5.74, 6) is -0.350. The van der Waals surface area contributed by atoms with E-state index in [-0.39, 0.29) is 28.2 Å². The molecule has 0 aliphatic rings. The van der Waals surface area contributed by atoms with E-state index < -0.39 is 25.7 Å². The highest BCUT2D eigenvalue weighted by Gasteiger charge is 2.11. The van der Waals surface area contributed by atoms with Gasteiger partial charge >= 0.3 is 0 Å². The molecule has 5 N–H and O–H groups in total. The maximum atomic E-state index is 14.3. The first-order valence-corrected chi connectivity index (χ1v) is 14.1. The number of aromatic nitrogens is 2. The summed E-state index contributed by atoms with van der Waals surface area (Å²) in [5, 5.41) is 14.1. The minimum Gasteiger partial charge on any atom is -0.338 e. The van der Waals surface area contributed by atoms with E-state index in [1.807, 2.05) is 12.1 Å². The smallest absolute Gasteiger partial charge is 0.238 e. The van der Waals surface area contributed by atoms with Crippen LogP contribution in [0.1, 0.15) is 18.9 Å². The van der Waals surface area contributed by atoms with Crippen molar-refractivity contribution in [2.24, 2.45) is 5.14 Å². The van der Waals surface area contributed by atoms with Crippen molar-refractivity contribution in [3.8, 4) is 0 Å². The highest BCUT2D eigenvalue weighted by Crippen LogP contribution is 2.22. The predicted octanol–water partition coefficient (Wildman–Crippen LogP) is 2.66. The maximum Gasteiger partial charge on any atom is 0.238 e. The minimum atomic E-state index is -3.87. The molecule has 188 valence electrons. The summed E-state index contributed by atoms with van der Waals surface area (Å²) < 4.78 is 60.4. The van der Waals surface area contributed by atoms with Crippen LogP contribution in [0.5, 0.6) is 0 Å². The Hall–Kier alpha value is -3.13. The number of halogens is 1. The fourth-order valence-electron chi connectivity index (χ4n) is 3.03. The minimum absolute atomic E-state index is 0.0615.